The minimum atomic E-state index is 0.387. The van der Waals surface area contributed by atoms with Crippen molar-refractivity contribution in [3.05, 3.63) is 29.4 Å². The molecular formula is C11H14N2O. The van der Waals surface area contributed by atoms with E-state index in [1.807, 2.05) is 19.1 Å². The molecule has 0 amide bonds. The maximum atomic E-state index is 10.5. The summed E-state index contributed by atoms with van der Waals surface area (Å²) >= 11 is 0. The standard InChI is InChI=1S/C11H14N2O/c1-3-5-6-11-10(4-2)12-7-9(8-14)13-11/h5-8H,3-4H2,1-2H3/b6-5-. The molecule has 0 fully saturated rings. The molecule has 0 radical (unpaired) electrons. The third kappa shape index (κ3) is 2.49. The first-order chi connectivity index (χ1) is 6.81. The van der Waals surface area contributed by atoms with Gasteiger partial charge in [0.15, 0.2) is 6.29 Å². The Bertz CT molecular complexity index is 345. The SMILES string of the molecule is CC/C=C\c1nc(C=O)cnc1CC. The Hall–Kier alpha value is -1.51. The van der Waals surface area contributed by atoms with Crippen LogP contribution < -0.4 is 0 Å². The number of aromatic nitrogens is 2. The van der Waals surface area contributed by atoms with Gasteiger partial charge in [-0.3, -0.25) is 9.78 Å². The quantitative estimate of drug-likeness (QED) is 0.684. The molecule has 0 aliphatic rings. The number of nitrogens with zero attached hydrogens (tertiary/aromatic N) is 2. The first-order valence-electron chi connectivity index (χ1n) is 4.79. The Balaban J connectivity index is 3.07. The molecule has 3 heteroatoms. The van der Waals surface area contributed by atoms with Gasteiger partial charge in [-0.25, -0.2) is 4.98 Å². The Labute approximate surface area is 83.9 Å². The zero-order valence-corrected chi connectivity index (χ0v) is 8.53. The number of aryl methyl sites for hydroxylation is 1. The number of rotatable bonds is 4. The van der Waals surface area contributed by atoms with Crippen molar-refractivity contribution in [1.29, 1.82) is 0 Å². The Kier molecular flexibility index (Phi) is 3.98. The normalized spacial score (nSPS) is 10.7. The number of hydrogen-bond donors (Lipinski definition) is 0. The van der Waals surface area contributed by atoms with Gasteiger partial charge in [0.25, 0.3) is 0 Å². The fourth-order valence-electron chi connectivity index (χ4n) is 1.13. The van der Waals surface area contributed by atoms with Gasteiger partial charge < -0.3 is 0 Å². The van der Waals surface area contributed by atoms with E-state index >= 15 is 0 Å². The summed E-state index contributed by atoms with van der Waals surface area (Å²) in [6.45, 7) is 4.08. The largest absolute Gasteiger partial charge is 0.296 e. The number of allylic oxidation sites excluding steroid dienone is 1. The molecule has 0 aromatic carbocycles. The van der Waals surface area contributed by atoms with Crippen LogP contribution in [0, 0.1) is 0 Å². The highest BCUT2D eigenvalue weighted by Crippen LogP contribution is 2.07. The van der Waals surface area contributed by atoms with Gasteiger partial charge >= 0.3 is 0 Å². The lowest BCUT2D eigenvalue weighted by molar-refractivity contribution is 0.111. The van der Waals surface area contributed by atoms with E-state index in [-0.39, 0.29) is 0 Å². The highest BCUT2D eigenvalue weighted by atomic mass is 16.1. The van der Waals surface area contributed by atoms with E-state index in [2.05, 4.69) is 16.9 Å². The van der Waals surface area contributed by atoms with Crippen LogP contribution in [0.25, 0.3) is 6.08 Å². The zero-order valence-electron chi connectivity index (χ0n) is 8.53. The predicted octanol–water partition coefficient (Wildman–Crippen LogP) is 2.27. The topological polar surface area (TPSA) is 42.9 Å². The van der Waals surface area contributed by atoms with Crippen molar-refractivity contribution in [3.63, 3.8) is 0 Å². The number of aldehydes is 1. The van der Waals surface area contributed by atoms with Crippen LogP contribution in [0.3, 0.4) is 0 Å². The molecule has 0 N–H and O–H groups in total. The fourth-order valence-corrected chi connectivity index (χ4v) is 1.13. The van der Waals surface area contributed by atoms with Crippen LogP contribution in [0.15, 0.2) is 12.3 Å². The molecule has 0 aliphatic heterocycles. The van der Waals surface area contributed by atoms with Gasteiger partial charge in [0.1, 0.15) is 5.69 Å². The number of carbonyl (C=O) groups is 1. The lowest BCUT2D eigenvalue weighted by Gasteiger charge is -2.01. The van der Waals surface area contributed by atoms with Crippen LogP contribution in [-0.4, -0.2) is 16.3 Å². The summed E-state index contributed by atoms with van der Waals surface area (Å²) in [5.74, 6) is 0. The summed E-state index contributed by atoms with van der Waals surface area (Å²) in [6, 6.07) is 0. The lowest BCUT2D eigenvalue weighted by Crippen LogP contribution is -1.99. The van der Waals surface area contributed by atoms with Crippen LogP contribution in [0.2, 0.25) is 0 Å². The zero-order chi connectivity index (χ0) is 10.4. The summed E-state index contributed by atoms with van der Waals surface area (Å²) in [5.41, 5.74) is 2.12. The first kappa shape index (κ1) is 10.6. The van der Waals surface area contributed by atoms with E-state index in [1.54, 1.807) is 0 Å². The maximum Gasteiger partial charge on any atom is 0.170 e. The van der Waals surface area contributed by atoms with Crippen molar-refractivity contribution in [2.45, 2.75) is 26.7 Å². The van der Waals surface area contributed by atoms with E-state index in [0.717, 1.165) is 30.5 Å². The summed E-state index contributed by atoms with van der Waals surface area (Å²) in [5, 5.41) is 0. The Morgan fingerprint density at radius 3 is 2.79 bits per heavy atom. The second-order valence-electron chi connectivity index (χ2n) is 2.91. The van der Waals surface area contributed by atoms with Crippen molar-refractivity contribution in [1.82, 2.24) is 9.97 Å². The monoisotopic (exact) mass is 190 g/mol. The van der Waals surface area contributed by atoms with Gasteiger partial charge in [-0.1, -0.05) is 19.9 Å². The molecule has 1 heterocycles. The molecule has 0 unspecified atom stereocenters. The Morgan fingerprint density at radius 1 is 1.43 bits per heavy atom. The molecule has 14 heavy (non-hydrogen) atoms. The summed E-state index contributed by atoms with van der Waals surface area (Å²) in [4.78, 5) is 18.9. The van der Waals surface area contributed by atoms with Crippen LogP contribution in [-0.2, 0) is 6.42 Å². The minimum absolute atomic E-state index is 0.387. The van der Waals surface area contributed by atoms with Crippen LogP contribution in [0.4, 0.5) is 0 Å². The average Bonchev–Trinajstić information content (AvgIpc) is 2.25. The van der Waals surface area contributed by atoms with E-state index in [4.69, 9.17) is 0 Å². The molecular weight excluding hydrogens is 176 g/mol. The van der Waals surface area contributed by atoms with Gasteiger partial charge in [-0.2, -0.15) is 0 Å². The highest BCUT2D eigenvalue weighted by molar-refractivity contribution is 5.71. The summed E-state index contributed by atoms with van der Waals surface area (Å²) in [6.07, 6.45) is 7.94. The second-order valence-corrected chi connectivity index (χ2v) is 2.91. The highest BCUT2D eigenvalue weighted by Gasteiger charge is 2.01. The van der Waals surface area contributed by atoms with Crippen molar-refractivity contribution in [3.8, 4) is 0 Å². The molecule has 74 valence electrons. The van der Waals surface area contributed by atoms with Gasteiger partial charge in [-0.05, 0) is 18.9 Å². The molecule has 1 rings (SSSR count). The van der Waals surface area contributed by atoms with Gasteiger partial charge in [0.2, 0.25) is 0 Å². The minimum Gasteiger partial charge on any atom is -0.296 e. The molecule has 1 aromatic rings. The second kappa shape index (κ2) is 5.27. The van der Waals surface area contributed by atoms with E-state index in [1.165, 1.54) is 6.20 Å². The fraction of sp³-hybridized carbons (Fsp3) is 0.364. The predicted molar refractivity (Wildman–Crippen MR) is 56.1 cm³/mol. The van der Waals surface area contributed by atoms with E-state index in [9.17, 15) is 4.79 Å². The number of carbonyl (C=O) groups excluding carboxylic acids is 1. The maximum absolute atomic E-state index is 10.5. The van der Waals surface area contributed by atoms with Crippen molar-refractivity contribution in [2.75, 3.05) is 0 Å². The molecule has 0 aliphatic carbocycles. The van der Waals surface area contributed by atoms with Crippen molar-refractivity contribution < 1.29 is 4.79 Å². The Morgan fingerprint density at radius 2 is 2.21 bits per heavy atom. The van der Waals surface area contributed by atoms with Crippen LogP contribution in [0.5, 0.6) is 0 Å². The van der Waals surface area contributed by atoms with E-state index in [0.29, 0.717) is 5.69 Å². The summed E-state index contributed by atoms with van der Waals surface area (Å²) < 4.78 is 0. The van der Waals surface area contributed by atoms with E-state index < -0.39 is 0 Å². The molecule has 0 spiro atoms. The first-order valence-corrected chi connectivity index (χ1v) is 4.79. The third-order valence-electron chi connectivity index (χ3n) is 1.86. The molecule has 0 atom stereocenters. The average molecular weight is 190 g/mol. The van der Waals surface area contributed by atoms with Gasteiger partial charge in [0.05, 0.1) is 17.6 Å². The van der Waals surface area contributed by atoms with Crippen molar-refractivity contribution >= 4 is 12.4 Å². The van der Waals surface area contributed by atoms with Gasteiger partial charge in [0, 0.05) is 0 Å². The molecule has 0 saturated carbocycles. The smallest absolute Gasteiger partial charge is 0.170 e. The van der Waals surface area contributed by atoms with Gasteiger partial charge in [-0.15, -0.1) is 0 Å². The van der Waals surface area contributed by atoms with Crippen LogP contribution in [0.1, 0.15) is 42.1 Å². The molecule has 0 saturated heterocycles. The number of hydrogen-bond acceptors (Lipinski definition) is 3. The molecule has 1 aromatic heterocycles. The summed E-state index contributed by atoms with van der Waals surface area (Å²) in [7, 11) is 0. The molecule has 0 bridgehead atoms. The molecule has 3 nitrogen and oxygen atoms in total. The van der Waals surface area contributed by atoms with Crippen LogP contribution >= 0.6 is 0 Å². The third-order valence-corrected chi connectivity index (χ3v) is 1.86. The lowest BCUT2D eigenvalue weighted by atomic mass is 10.2. The van der Waals surface area contributed by atoms with Crippen molar-refractivity contribution in [2.24, 2.45) is 0 Å².